The number of aryl methyl sites for hydroxylation is 1. The van der Waals surface area contributed by atoms with Crippen LogP contribution in [0.15, 0.2) is 29.2 Å². The third kappa shape index (κ3) is 4.23. The van der Waals surface area contributed by atoms with Gasteiger partial charge in [-0.05, 0) is 19.1 Å². The zero-order chi connectivity index (χ0) is 17.1. The van der Waals surface area contributed by atoms with E-state index in [-0.39, 0.29) is 17.6 Å². The highest BCUT2D eigenvalue weighted by Crippen LogP contribution is 2.40. The lowest BCUT2D eigenvalue weighted by atomic mass is 10.2. The van der Waals surface area contributed by atoms with Gasteiger partial charge in [0.15, 0.2) is 0 Å². The van der Waals surface area contributed by atoms with Crippen molar-refractivity contribution in [2.24, 2.45) is 0 Å². The lowest BCUT2D eigenvalue weighted by Crippen LogP contribution is -2.40. The molecule has 1 aliphatic heterocycles. The van der Waals surface area contributed by atoms with E-state index in [1.54, 1.807) is 24.3 Å². The Morgan fingerprint density at radius 1 is 1.09 bits per heavy atom. The molecule has 2 atom stereocenters. The highest BCUT2D eigenvalue weighted by molar-refractivity contribution is 7.86. The normalized spacial score (nSPS) is 21.4. The predicted molar refractivity (Wildman–Crippen MR) is 94.8 cm³/mol. The van der Waals surface area contributed by atoms with Crippen LogP contribution in [0.4, 0.5) is 0 Å². The van der Waals surface area contributed by atoms with Gasteiger partial charge in [0.25, 0.3) is 10.1 Å². The first-order chi connectivity index (χ1) is 10.9. The summed E-state index contributed by atoms with van der Waals surface area (Å²) in [6.45, 7) is 8.90. The molecule has 0 unspecified atom stereocenters. The van der Waals surface area contributed by atoms with Crippen molar-refractivity contribution in [3.8, 4) is 0 Å². The molecule has 0 amide bonds. The molecule has 0 radical (unpaired) electrons. The van der Waals surface area contributed by atoms with Crippen LogP contribution in [0.3, 0.4) is 0 Å². The van der Waals surface area contributed by atoms with Crippen LogP contribution in [0.25, 0.3) is 0 Å². The number of epoxide rings is 1. The molecule has 2 rings (SSSR count). The van der Waals surface area contributed by atoms with Gasteiger partial charge in [0, 0.05) is 6.42 Å². The molecule has 23 heavy (non-hydrogen) atoms. The quantitative estimate of drug-likeness (QED) is 0.382. The first kappa shape index (κ1) is 18.6. The molecule has 0 saturated carbocycles. The minimum absolute atomic E-state index is 0.190. The Hall–Kier alpha value is -0.693. The SMILES string of the molecule is CC[Si](CC)(CC)[C@H]1O[C@@H]1CCOS(=O)(=O)c1ccc(C)cc1. The second kappa shape index (κ2) is 7.47. The number of benzene rings is 1. The van der Waals surface area contributed by atoms with E-state index in [2.05, 4.69) is 20.8 Å². The highest BCUT2D eigenvalue weighted by Gasteiger charge is 2.52. The molecule has 1 saturated heterocycles. The summed E-state index contributed by atoms with van der Waals surface area (Å²) in [5.74, 6) is 0. The van der Waals surface area contributed by atoms with E-state index < -0.39 is 18.2 Å². The summed E-state index contributed by atoms with van der Waals surface area (Å²) in [7, 11) is -5.00. The molecule has 0 N–H and O–H groups in total. The van der Waals surface area contributed by atoms with Crippen molar-refractivity contribution in [2.75, 3.05) is 6.61 Å². The molecule has 4 nitrogen and oxygen atoms in total. The van der Waals surface area contributed by atoms with E-state index in [1.807, 2.05) is 6.92 Å². The summed E-state index contributed by atoms with van der Waals surface area (Å²) in [5, 5.41) is 0. The summed E-state index contributed by atoms with van der Waals surface area (Å²) in [6, 6.07) is 10.4. The van der Waals surface area contributed by atoms with E-state index >= 15 is 0 Å². The molecule has 0 aliphatic carbocycles. The zero-order valence-electron chi connectivity index (χ0n) is 14.5. The Labute approximate surface area is 141 Å². The Kier molecular flexibility index (Phi) is 6.05. The number of hydrogen-bond acceptors (Lipinski definition) is 4. The Morgan fingerprint density at radius 2 is 1.65 bits per heavy atom. The summed E-state index contributed by atoms with van der Waals surface area (Å²) < 4.78 is 35.3. The maximum atomic E-state index is 12.1. The molecular weight excluding hydrogens is 328 g/mol. The van der Waals surface area contributed by atoms with Gasteiger partial charge in [0.2, 0.25) is 0 Å². The maximum Gasteiger partial charge on any atom is 0.296 e. The Bertz CT molecular complexity index is 600. The third-order valence-electron chi connectivity index (χ3n) is 5.25. The van der Waals surface area contributed by atoms with E-state index in [0.29, 0.717) is 12.1 Å². The number of rotatable bonds is 9. The van der Waals surface area contributed by atoms with E-state index in [9.17, 15) is 8.42 Å². The van der Waals surface area contributed by atoms with Crippen LogP contribution < -0.4 is 0 Å². The smallest absolute Gasteiger partial charge is 0.296 e. The van der Waals surface area contributed by atoms with Crippen molar-refractivity contribution >= 4 is 18.2 Å². The topological polar surface area (TPSA) is 55.9 Å². The molecular formula is C17H28O4SSi. The average molecular weight is 357 g/mol. The minimum atomic E-state index is -3.66. The Balaban J connectivity index is 1.85. The van der Waals surface area contributed by atoms with Crippen LogP contribution in [0.1, 0.15) is 32.8 Å². The van der Waals surface area contributed by atoms with Gasteiger partial charge < -0.3 is 4.74 Å². The Morgan fingerprint density at radius 3 is 2.17 bits per heavy atom. The first-order valence-corrected chi connectivity index (χ1v) is 12.6. The number of hydrogen-bond donors (Lipinski definition) is 0. The minimum Gasteiger partial charge on any atom is -0.373 e. The fraction of sp³-hybridized carbons (Fsp3) is 0.647. The van der Waals surface area contributed by atoms with Gasteiger partial charge in [0.05, 0.1) is 31.4 Å². The van der Waals surface area contributed by atoms with Crippen LogP contribution in [-0.4, -0.2) is 34.9 Å². The van der Waals surface area contributed by atoms with Gasteiger partial charge >= 0.3 is 0 Å². The summed E-state index contributed by atoms with van der Waals surface area (Å²) in [6.07, 6.45) is 0.847. The summed E-state index contributed by atoms with van der Waals surface area (Å²) in [4.78, 5) is 0.218. The molecule has 1 fully saturated rings. The average Bonchev–Trinajstić information content (AvgIpc) is 3.30. The van der Waals surface area contributed by atoms with Gasteiger partial charge in [-0.2, -0.15) is 8.42 Å². The van der Waals surface area contributed by atoms with E-state index in [0.717, 1.165) is 5.56 Å². The second-order valence-electron chi connectivity index (χ2n) is 6.40. The van der Waals surface area contributed by atoms with Gasteiger partial charge in [-0.15, -0.1) is 0 Å². The maximum absolute atomic E-state index is 12.1. The van der Waals surface area contributed by atoms with Crippen molar-refractivity contribution in [3.63, 3.8) is 0 Å². The summed E-state index contributed by atoms with van der Waals surface area (Å²) >= 11 is 0. The fourth-order valence-electron chi connectivity index (χ4n) is 3.30. The van der Waals surface area contributed by atoms with Gasteiger partial charge in [-0.1, -0.05) is 56.6 Å². The highest BCUT2D eigenvalue weighted by atomic mass is 32.2. The standard InChI is InChI=1S/C17H28O4SSi/c1-5-23(6-2,7-3)17-16(21-17)12-13-20-22(18,19)15-10-8-14(4)9-11-15/h8-11,16-17H,5-7,12-13H2,1-4H3/t16-,17-/m1/s1. The second-order valence-corrected chi connectivity index (χ2v) is 13.4. The van der Waals surface area contributed by atoms with Crippen LogP contribution in [0.2, 0.25) is 18.1 Å². The van der Waals surface area contributed by atoms with Crippen LogP contribution in [-0.2, 0) is 19.0 Å². The van der Waals surface area contributed by atoms with Crippen molar-refractivity contribution in [1.29, 1.82) is 0 Å². The van der Waals surface area contributed by atoms with Crippen molar-refractivity contribution in [1.82, 2.24) is 0 Å². The molecule has 0 aromatic heterocycles. The van der Waals surface area contributed by atoms with Crippen LogP contribution in [0, 0.1) is 6.92 Å². The third-order valence-corrected chi connectivity index (χ3v) is 12.5. The monoisotopic (exact) mass is 356 g/mol. The number of ether oxygens (including phenoxy) is 1. The van der Waals surface area contributed by atoms with Crippen LogP contribution >= 0.6 is 0 Å². The fourth-order valence-corrected chi connectivity index (χ4v) is 8.35. The van der Waals surface area contributed by atoms with E-state index in [4.69, 9.17) is 8.92 Å². The molecule has 6 heteroatoms. The van der Waals surface area contributed by atoms with Gasteiger partial charge in [-0.3, -0.25) is 4.18 Å². The molecule has 1 heterocycles. The van der Waals surface area contributed by atoms with Gasteiger partial charge in [-0.25, -0.2) is 0 Å². The molecule has 1 aromatic rings. The molecule has 130 valence electrons. The first-order valence-electron chi connectivity index (χ1n) is 8.50. The molecule has 1 aliphatic rings. The van der Waals surface area contributed by atoms with Crippen LogP contribution in [0.5, 0.6) is 0 Å². The van der Waals surface area contributed by atoms with Gasteiger partial charge in [0.1, 0.15) is 0 Å². The molecule has 0 spiro atoms. The summed E-state index contributed by atoms with van der Waals surface area (Å²) in [5.41, 5.74) is 1.41. The van der Waals surface area contributed by atoms with E-state index in [1.165, 1.54) is 18.1 Å². The van der Waals surface area contributed by atoms with Crippen molar-refractivity contribution < 1.29 is 17.3 Å². The molecule has 1 aromatic carbocycles. The zero-order valence-corrected chi connectivity index (χ0v) is 16.4. The molecule has 0 bridgehead atoms. The van der Waals surface area contributed by atoms with Crippen molar-refractivity contribution in [2.45, 2.75) is 69.0 Å². The largest absolute Gasteiger partial charge is 0.373 e. The lowest BCUT2D eigenvalue weighted by molar-refractivity contribution is 0.285. The van der Waals surface area contributed by atoms with Crippen molar-refractivity contribution in [3.05, 3.63) is 29.8 Å². The predicted octanol–water partition coefficient (Wildman–Crippen LogP) is 3.91. The lowest BCUT2D eigenvalue weighted by Gasteiger charge is -2.25.